The smallest absolute Gasteiger partial charge is 0.296 e. The molecule has 0 radical (unpaired) electrons. The number of carbonyl (C=O) groups excluding carboxylic acids is 1. The molecule has 0 unspecified atom stereocenters. The van der Waals surface area contributed by atoms with E-state index in [1.807, 2.05) is 12.1 Å². The lowest BCUT2D eigenvalue weighted by Crippen LogP contribution is -2.28. The van der Waals surface area contributed by atoms with E-state index in [0.717, 1.165) is 23.3 Å². The van der Waals surface area contributed by atoms with E-state index in [2.05, 4.69) is 31.0 Å². The van der Waals surface area contributed by atoms with Gasteiger partial charge in [-0.2, -0.15) is 32.2 Å². The van der Waals surface area contributed by atoms with E-state index in [-0.39, 0.29) is 16.8 Å². The van der Waals surface area contributed by atoms with E-state index >= 15 is 0 Å². The second kappa shape index (κ2) is 14.0. The van der Waals surface area contributed by atoms with Crippen molar-refractivity contribution >= 4 is 83.3 Å². The molecule has 0 spiro atoms. The number of anilines is 4. The molecular weight excluding hydrogens is 711 g/mol. The van der Waals surface area contributed by atoms with Crippen LogP contribution < -0.4 is 22.6 Å². The SMILES string of the molecule is Nc1ccc(N=Nc2ccc(-c3ccc(N=Nc4c(S(=O)(=O)O)cc5c(c4N)C(=O)/C(=N\Nc4ccccc4)C(S(=O)(=O)O)=C5)cc3)cc2)c(N)c1. The fourth-order valence-corrected chi connectivity index (χ4v) is 6.39. The molecule has 262 valence electrons. The Labute approximate surface area is 296 Å². The van der Waals surface area contributed by atoms with Crippen LogP contribution >= 0.6 is 0 Å². The summed E-state index contributed by atoms with van der Waals surface area (Å²) in [6, 6.07) is 27.8. The van der Waals surface area contributed by atoms with Gasteiger partial charge in [-0.1, -0.05) is 42.5 Å². The first-order valence-corrected chi connectivity index (χ1v) is 17.8. The van der Waals surface area contributed by atoms with Crippen molar-refractivity contribution in [2.24, 2.45) is 25.6 Å². The van der Waals surface area contributed by atoms with Gasteiger partial charge in [-0.25, -0.2) is 0 Å². The molecule has 0 saturated carbocycles. The number of nitrogens with two attached hydrogens (primary N) is 3. The van der Waals surface area contributed by atoms with E-state index in [1.54, 1.807) is 84.9 Å². The zero-order valence-corrected chi connectivity index (χ0v) is 28.2. The molecule has 0 saturated heterocycles. The Morgan fingerprint density at radius 2 is 1.25 bits per heavy atom. The van der Waals surface area contributed by atoms with Crippen LogP contribution in [0.4, 0.5) is 45.5 Å². The summed E-state index contributed by atoms with van der Waals surface area (Å²) < 4.78 is 69.3. The standard InChI is InChI=1S/C34H27N9O7S2/c35-22-10-15-27(26(36)18-22)41-38-24-11-6-19(7-12-24)20-8-13-25(14-9-20)40-42-32-28(51(45,46)47)16-21-17-29(52(48,49)50)33(34(44)30(21)31(32)37)43-39-23-4-2-1-3-5-23/h1-18,39H,35-37H2,(H,45,46,47)(H,48,49,50)/b41-38?,42-40?,43-33-. The summed E-state index contributed by atoms with van der Waals surface area (Å²) in [7, 11) is -10.1. The van der Waals surface area contributed by atoms with Crippen molar-refractivity contribution in [2.75, 3.05) is 22.6 Å². The van der Waals surface area contributed by atoms with Gasteiger partial charge in [0.1, 0.15) is 21.2 Å². The fraction of sp³-hybridized carbons (Fsp3) is 0. The number of hydrogen-bond donors (Lipinski definition) is 6. The van der Waals surface area contributed by atoms with Crippen LogP contribution in [0.25, 0.3) is 17.2 Å². The molecule has 0 aliphatic heterocycles. The molecule has 16 nitrogen and oxygen atoms in total. The summed E-state index contributed by atoms with van der Waals surface area (Å²) >= 11 is 0. The zero-order chi connectivity index (χ0) is 37.2. The molecule has 0 aromatic heterocycles. The minimum atomic E-state index is -5.06. The largest absolute Gasteiger partial charge is 0.399 e. The van der Waals surface area contributed by atoms with E-state index in [4.69, 9.17) is 17.2 Å². The normalized spacial score (nSPS) is 14.2. The molecule has 0 fully saturated rings. The molecule has 0 amide bonds. The Morgan fingerprint density at radius 3 is 1.81 bits per heavy atom. The highest BCUT2D eigenvalue weighted by Crippen LogP contribution is 2.41. The molecule has 52 heavy (non-hydrogen) atoms. The van der Waals surface area contributed by atoms with Crippen LogP contribution in [0.2, 0.25) is 0 Å². The lowest BCUT2D eigenvalue weighted by Gasteiger charge is -2.20. The van der Waals surface area contributed by atoms with Gasteiger partial charge in [-0.15, -0.1) is 10.2 Å². The topological polar surface area (TPSA) is 278 Å². The molecule has 5 aromatic carbocycles. The van der Waals surface area contributed by atoms with E-state index in [9.17, 15) is 30.7 Å². The maximum Gasteiger partial charge on any atom is 0.296 e. The number of benzene rings is 5. The number of nitrogen functional groups attached to an aromatic ring is 3. The number of nitrogens with zero attached hydrogens (tertiary/aromatic N) is 5. The van der Waals surface area contributed by atoms with Gasteiger partial charge < -0.3 is 17.2 Å². The van der Waals surface area contributed by atoms with Crippen LogP contribution in [0.3, 0.4) is 0 Å². The van der Waals surface area contributed by atoms with Crippen molar-refractivity contribution in [3.63, 3.8) is 0 Å². The van der Waals surface area contributed by atoms with Gasteiger partial charge in [0.2, 0.25) is 5.78 Å². The van der Waals surface area contributed by atoms with Gasteiger partial charge in [0.25, 0.3) is 20.2 Å². The molecule has 1 aliphatic carbocycles. The number of Topliss-reactive ketones (excluding diaryl/α,β-unsaturated/α-hetero) is 1. The van der Waals surface area contributed by atoms with Crippen molar-refractivity contribution in [1.29, 1.82) is 0 Å². The van der Waals surface area contributed by atoms with Crippen molar-refractivity contribution in [2.45, 2.75) is 4.90 Å². The van der Waals surface area contributed by atoms with Crippen LogP contribution in [-0.2, 0) is 20.2 Å². The Hall–Kier alpha value is -6.60. The molecule has 0 bridgehead atoms. The van der Waals surface area contributed by atoms with Gasteiger partial charge in [-0.05, 0) is 83.4 Å². The Bertz CT molecular complexity index is 2570. The predicted molar refractivity (Wildman–Crippen MR) is 198 cm³/mol. The summed E-state index contributed by atoms with van der Waals surface area (Å²) in [5.74, 6) is -1.07. The lowest BCUT2D eigenvalue weighted by molar-refractivity contribution is 0.106. The average Bonchev–Trinajstić information content (AvgIpc) is 3.10. The summed E-state index contributed by atoms with van der Waals surface area (Å²) in [6.07, 6.45) is 0.813. The van der Waals surface area contributed by atoms with Crippen molar-refractivity contribution in [3.8, 4) is 11.1 Å². The van der Waals surface area contributed by atoms with Crippen LogP contribution in [0, 0.1) is 0 Å². The van der Waals surface area contributed by atoms with Gasteiger partial charge in [0.15, 0.2) is 5.71 Å². The minimum absolute atomic E-state index is 0.253. The first-order valence-electron chi connectivity index (χ1n) is 14.9. The average molecular weight is 738 g/mol. The van der Waals surface area contributed by atoms with Crippen LogP contribution in [0.1, 0.15) is 15.9 Å². The maximum atomic E-state index is 13.7. The third-order valence-electron chi connectivity index (χ3n) is 7.58. The summed E-state index contributed by atoms with van der Waals surface area (Å²) in [5.41, 5.74) is 22.1. The van der Waals surface area contributed by atoms with Gasteiger partial charge >= 0.3 is 0 Å². The highest BCUT2D eigenvalue weighted by atomic mass is 32.2. The zero-order valence-electron chi connectivity index (χ0n) is 26.6. The predicted octanol–water partition coefficient (Wildman–Crippen LogP) is 7.07. The van der Waals surface area contributed by atoms with Crippen LogP contribution in [0.5, 0.6) is 0 Å². The molecule has 18 heteroatoms. The molecule has 9 N–H and O–H groups in total. The first-order chi connectivity index (χ1) is 24.7. The number of rotatable bonds is 9. The number of azo groups is 2. The minimum Gasteiger partial charge on any atom is -0.399 e. The molecule has 6 rings (SSSR count). The molecule has 0 atom stereocenters. The number of fused-ring (bicyclic) bond motifs is 1. The molecule has 0 heterocycles. The first kappa shape index (κ1) is 35.2. The Morgan fingerprint density at radius 1 is 0.654 bits per heavy atom. The number of nitrogens with one attached hydrogen (secondary N) is 1. The highest BCUT2D eigenvalue weighted by Gasteiger charge is 2.37. The highest BCUT2D eigenvalue weighted by molar-refractivity contribution is 7.91. The second-order valence-corrected chi connectivity index (χ2v) is 13.9. The monoisotopic (exact) mass is 737 g/mol. The molecule has 5 aromatic rings. The van der Waals surface area contributed by atoms with E-state index in [1.165, 1.54) is 0 Å². The quantitative estimate of drug-likeness (QED) is 0.0385. The molecule has 1 aliphatic rings. The number of para-hydroxylation sites is 1. The van der Waals surface area contributed by atoms with E-state index in [0.29, 0.717) is 28.4 Å². The third kappa shape index (κ3) is 7.59. The van der Waals surface area contributed by atoms with Gasteiger partial charge in [0.05, 0.1) is 34.0 Å². The van der Waals surface area contributed by atoms with Crippen molar-refractivity contribution < 1.29 is 30.7 Å². The van der Waals surface area contributed by atoms with Gasteiger partial charge in [-0.3, -0.25) is 19.3 Å². The van der Waals surface area contributed by atoms with Gasteiger partial charge in [0, 0.05) is 5.69 Å². The maximum absolute atomic E-state index is 13.7. The lowest BCUT2D eigenvalue weighted by atomic mass is 9.92. The van der Waals surface area contributed by atoms with Crippen LogP contribution in [0.15, 0.2) is 138 Å². The number of ketones is 1. The van der Waals surface area contributed by atoms with Crippen molar-refractivity contribution in [1.82, 2.24) is 0 Å². The number of hydrazone groups is 1. The Balaban J connectivity index is 1.30. The summed E-state index contributed by atoms with van der Waals surface area (Å²) in [5, 5.41) is 20.3. The van der Waals surface area contributed by atoms with Crippen molar-refractivity contribution in [3.05, 3.63) is 119 Å². The second-order valence-electron chi connectivity index (χ2n) is 11.1. The number of carbonyl (C=O) groups is 1. The Kier molecular flexibility index (Phi) is 9.46. The molecular formula is C34H27N9O7S2. The third-order valence-corrected chi connectivity index (χ3v) is 9.31. The fourth-order valence-electron chi connectivity index (χ4n) is 5.06. The van der Waals surface area contributed by atoms with E-state index < -0.39 is 52.9 Å². The van der Waals surface area contributed by atoms with Crippen LogP contribution in [-0.4, -0.2) is 37.4 Å². The number of hydrogen-bond acceptors (Lipinski definition) is 14. The summed E-state index contributed by atoms with van der Waals surface area (Å²) in [4.78, 5) is 11.9. The summed E-state index contributed by atoms with van der Waals surface area (Å²) in [6.45, 7) is 0. The number of allylic oxidation sites excluding steroid dienone is 1.